The van der Waals surface area contributed by atoms with Gasteiger partial charge in [0, 0.05) is 6.42 Å². The predicted octanol–water partition coefficient (Wildman–Crippen LogP) is -0.378. The maximum Gasteiger partial charge on any atom is 0.303 e. The summed E-state index contributed by atoms with van der Waals surface area (Å²) in [6.07, 6.45) is 1.31. The Balaban J connectivity index is 6.56. The van der Waals surface area contributed by atoms with Crippen LogP contribution in [-0.4, -0.2) is 105 Å². The van der Waals surface area contributed by atoms with E-state index in [0.717, 1.165) is 0 Å². The lowest BCUT2D eigenvalue weighted by atomic mass is 9.91. The summed E-state index contributed by atoms with van der Waals surface area (Å²) < 4.78 is 0. The lowest BCUT2D eigenvalue weighted by Gasteiger charge is -2.40. The number of carboxylic acid groups (broad SMARTS) is 1. The van der Waals surface area contributed by atoms with Gasteiger partial charge in [0.05, 0.1) is 18.1 Å². The zero-order chi connectivity index (χ0) is 40.5. The molecule has 17 nitrogen and oxygen atoms in total. The molecular weight excluding hydrogens is 678 g/mol. The Morgan fingerprint density at radius 2 is 1.04 bits per heavy atom. The first-order valence-corrected chi connectivity index (χ1v) is 18.3. The molecule has 0 radical (unpaired) electrons. The number of carboxylic acids is 1. The smallest absolute Gasteiger partial charge is 0.303 e. The van der Waals surface area contributed by atoms with Gasteiger partial charge in [-0.25, -0.2) is 0 Å². The number of nitrogens with one attached hydrogen (secondary N) is 6. The van der Waals surface area contributed by atoms with Crippen LogP contribution < -0.4 is 37.6 Å². The van der Waals surface area contributed by atoms with Crippen molar-refractivity contribution in [2.75, 3.05) is 0 Å². The quantitative estimate of drug-likeness (QED) is 0.0424. The molecule has 0 aliphatic carbocycles. The van der Waals surface area contributed by atoms with Gasteiger partial charge in [-0.3, -0.25) is 34.1 Å². The topological polar surface area (TPSA) is 278 Å². The van der Waals surface area contributed by atoms with Crippen molar-refractivity contribution in [2.45, 2.75) is 156 Å². The Hall–Kier alpha value is -3.67. The molecule has 0 spiro atoms. The minimum atomic E-state index is -2.91. The molecular formula is C35H65N7O10. The fourth-order valence-corrected chi connectivity index (χ4v) is 5.23. The molecule has 0 heterocycles. The van der Waals surface area contributed by atoms with Gasteiger partial charge >= 0.3 is 5.97 Å². The molecule has 5 amide bonds. The van der Waals surface area contributed by atoms with Gasteiger partial charge < -0.3 is 52.4 Å². The third-order valence-electron chi connectivity index (χ3n) is 9.66. The second kappa shape index (κ2) is 23.1. The van der Waals surface area contributed by atoms with E-state index >= 15 is 0 Å². The number of aliphatic carboxylic acids is 1. The highest BCUT2D eigenvalue weighted by Crippen LogP contribution is 2.21. The van der Waals surface area contributed by atoms with Crippen LogP contribution in [0.3, 0.4) is 0 Å². The molecule has 0 saturated heterocycles. The van der Waals surface area contributed by atoms with Crippen molar-refractivity contribution in [3.8, 4) is 0 Å². The fraction of sp³-hybridized carbons (Fsp3) is 0.800. The summed E-state index contributed by atoms with van der Waals surface area (Å²) in [5, 5.41) is 47.9. The van der Waals surface area contributed by atoms with Crippen molar-refractivity contribution in [3.63, 3.8) is 0 Å². The Morgan fingerprint density at radius 3 is 1.46 bits per heavy atom. The van der Waals surface area contributed by atoms with Gasteiger partial charge in [0.2, 0.25) is 35.4 Å². The van der Waals surface area contributed by atoms with Crippen LogP contribution in [0.2, 0.25) is 0 Å². The lowest BCUT2D eigenvalue weighted by molar-refractivity contribution is -0.223. The first-order valence-electron chi connectivity index (χ1n) is 18.3. The summed E-state index contributed by atoms with van der Waals surface area (Å²) >= 11 is 0. The van der Waals surface area contributed by atoms with Crippen LogP contribution in [0.1, 0.15) is 108 Å². The highest BCUT2D eigenvalue weighted by atomic mass is 16.5. The Kier molecular flexibility index (Phi) is 21.5. The molecule has 0 aliphatic rings. The fourth-order valence-electron chi connectivity index (χ4n) is 5.23. The number of nitrogens with two attached hydrogens (primary N) is 1. The van der Waals surface area contributed by atoms with Gasteiger partial charge in [-0.2, -0.15) is 0 Å². The van der Waals surface area contributed by atoms with Gasteiger partial charge in [-0.1, -0.05) is 81.1 Å². The van der Waals surface area contributed by atoms with Crippen molar-refractivity contribution in [1.82, 2.24) is 31.9 Å². The van der Waals surface area contributed by atoms with Crippen LogP contribution in [0.5, 0.6) is 0 Å². The molecule has 300 valence electrons. The summed E-state index contributed by atoms with van der Waals surface area (Å²) in [6.45, 7) is 16.8. The Morgan fingerprint density at radius 1 is 0.615 bits per heavy atom. The molecule has 0 fully saturated rings. The van der Waals surface area contributed by atoms with E-state index < -0.39 is 108 Å². The second-order valence-electron chi connectivity index (χ2n) is 14.1. The van der Waals surface area contributed by atoms with Crippen molar-refractivity contribution >= 4 is 41.8 Å². The third kappa shape index (κ3) is 15.5. The van der Waals surface area contributed by atoms with Gasteiger partial charge in [-0.05, 0) is 43.9 Å². The Bertz CT molecular complexity index is 1200. The van der Waals surface area contributed by atoms with E-state index in [1.807, 2.05) is 6.92 Å². The number of aliphatic hydroxyl groups is 2. The van der Waals surface area contributed by atoms with E-state index in [0.29, 0.717) is 32.0 Å². The molecule has 0 aromatic carbocycles. The van der Waals surface area contributed by atoms with Crippen LogP contribution >= 0.6 is 0 Å². The first kappa shape index (κ1) is 48.3. The number of hydrogen-bond donors (Lipinski definition) is 10. The first-order chi connectivity index (χ1) is 24.1. The number of carbonyl (C=O) groups excluding carboxylic acids is 6. The average Bonchev–Trinajstić information content (AvgIpc) is 3.09. The van der Waals surface area contributed by atoms with Crippen molar-refractivity contribution in [3.05, 3.63) is 0 Å². The van der Waals surface area contributed by atoms with Gasteiger partial charge in [0.1, 0.15) is 30.5 Å². The number of hydrogen-bond acceptors (Lipinski definition) is 11. The van der Waals surface area contributed by atoms with E-state index in [9.17, 15) is 48.9 Å². The zero-order valence-electron chi connectivity index (χ0n) is 32.4. The molecule has 0 bridgehead atoms. The summed E-state index contributed by atoms with van der Waals surface area (Å²) in [6, 6.07) is -8.16. The molecule has 11 N–H and O–H groups in total. The van der Waals surface area contributed by atoms with Crippen molar-refractivity contribution in [1.29, 1.82) is 0 Å². The largest absolute Gasteiger partial charge is 0.481 e. The minimum absolute atomic E-state index is 0.345. The molecule has 0 aromatic rings. The lowest BCUT2D eigenvalue weighted by Crippen LogP contribution is -2.70. The van der Waals surface area contributed by atoms with E-state index in [4.69, 9.17) is 5.73 Å². The van der Waals surface area contributed by atoms with Crippen LogP contribution in [0.25, 0.3) is 0 Å². The normalized spacial score (nSPS) is 18.0. The highest BCUT2D eigenvalue weighted by molar-refractivity contribution is 5.94. The minimum Gasteiger partial charge on any atom is -0.481 e. The van der Waals surface area contributed by atoms with E-state index in [-0.39, 0.29) is 12.3 Å². The highest BCUT2D eigenvalue weighted by Gasteiger charge is 2.45. The number of aldehydes is 1. The van der Waals surface area contributed by atoms with Crippen LogP contribution in [0.4, 0.5) is 0 Å². The molecule has 11 atom stereocenters. The maximum absolute atomic E-state index is 13.9. The van der Waals surface area contributed by atoms with Gasteiger partial charge in [0.15, 0.2) is 0 Å². The molecule has 0 aliphatic heterocycles. The molecule has 0 unspecified atom stereocenters. The van der Waals surface area contributed by atoms with E-state index in [1.54, 1.807) is 48.5 Å². The number of rotatable bonds is 25. The van der Waals surface area contributed by atoms with E-state index in [1.165, 1.54) is 13.8 Å². The second-order valence-corrected chi connectivity index (χ2v) is 14.1. The van der Waals surface area contributed by atoms with E-state index in [2.05, 4.69) is 31.9 Å². The average molecular weight is 744 g/mol. The van der Waals surface area contributed by atoms with Crippen LogP contribution in [-0.2, 0) is 33.6 Å². The maximum atomic E-state index is 13.9. The number of carbonyl (C=O) groups is 7. The molecule has 0 rings (SSSR count). The standard InChI is InChI=1S/C35H65N7O10/c1-11-18(5)26(32(48)37-22(9)17-43)40-31(47)24(15-16-25(44)45)38-34(50)28(20(7)13-3)42-35(51,52)29(21(8)14-4)41-33(49)27(19(6)12-2)39-30(46)23(10)36/h17-24,26-29,42,51-52H,11-16,36H2,1-10H3,(H,37,48)(H,38,50)(H,39,46)(H,40,47)(H,41,49)(H,44,45)/t18-,19-,20-,21-,22-,23-,24-,26-,27-,28-,29-/m0/s1. The summed E-state index contributed by atoms with van der Waals surface area (Å²) in [7, 11) is 0. The predicted molar refractivity (Wildman–Crippen MR) is 194 cm³/mol. The van der Waals surface area contributed by atoms with Crippen LogP contribution in [0, 0.1) is 23.7 Å². The third-order valence-corrected chi connectivity index (χ3v) is 9.66. The molecule has 0 aromatic heterocycles. The SMILES string of the molecule is CC[C@H](C)[C@H](NC(=O)[C@H](C)N)C(=O)N[C@@H]([C@@H](C)CC)C(O)(O)N[C@H](C(=O)N[C@@H](CCC(=O)O)C(=O)N[C@H](C(=O)N[C@@H](C)C=O)[C@@H](C)CC)[C@@H](C)CC. The summed E-state index contributed by atoms with van der Waals surface area (Å²) in [5.74, 6) is -9.71. The Labute approximate surface area is 307 Å². The molecule has 0 saturated carbocycles. The van der Waals surface area contributed by atoms with Gasteiger partial charge in [0.25, 0.3) is 0 Å². The summed E-state index contributed by atoms with van der Waals surface area (Å²) in [4.78, 5) is 89.1. The molecule has 52 heavy (non-hydrogen) atoms. The van der Waals surface area contributed by atoms with Crippen LogP contribution in [0.15, 0.2) is 0 Å². The number of amides is 5. The summed E-state index contributed by atoms with van der Waals surface area (Å²) in [5.41, 5.74) is 5.70. The molecule has 17 heteroatoms. The van der Waals surface area contributed by atoms with Crippen molar-refractivity contribution < 1.29 is 48.9 Å². The van der Waals surface area contributed by atoms with Gasteiger partial charge in [-0.15, -0.1) is 0 Å². The zero-order valence-corrected chi connectivity index (χ0v) is 32.4. The monoisotopic (exact) mass is 743 g/mol. The van der Waals surface area contributed by atoms with Crippen molar-refractivity contribution in [2.24, 2.45) is 29.4 Å².